The second kappa shape index (κ2) is 6.25. The molecule has 0 aliphatic heterocycles. The predicted octanol–water partition coefficient (Wildman–Crippen LogP) is 2.84. The smallest absolute Gasteiger partial charge is 0.126 e. The molecule has 0 aromatic heterocycles. The molecule has 0 fully saturated rings. The van der Waals surface area contributed by atoms with Crippen molar-refractivity contribution in [3.8, 4) is 5.75 Å². The van der Waals surface area contributed by atoms with Crippen LogP contribution in [0.1, 0.15) is 25.8 Å². The zero-order valence-corrected chi connectivity index (χ0v) is 9.44. The summed E-state index contributed by atoms with van der Waals surface area (Å²) in [7, 11) is 0. The maximum absolute atomic E-state index is 5.69. The number of benzene rings is 1. The van der Waals surface area contributed by atoms with E-state index < -0.39 is 0 Å². The van der Waals surface area contributed by atoms with Gasteiger partial charge >= 0.3 is 0 Å². The molecule has 15 heavy (non-hydrogen) atoms. The Labute approximate surface area is 91.7 Å². The minimum Gasteiger partial charge on any atom is -0.490 e. The van der Waals surface area contributed by atoms with E-state index in [9.17, 15) is 0 Å². The van der Waals surface area contributed by atoms with Crippen LogP contribution in [-0.4, -0.2) is 12.6 Å². The van der Waals surface area contributed by atoms with Crippen molar-refractivity contribution in [2.45, 2.75) is 26.4 Å². The van der Waals surface area contributed by atoms with Crippen molar-refractivity contribution in [1.29, 1.82) is 0 Å². The highest BCUT2D eigenvalue weighted by Crippen LogP contribution is 2.20. The zero-order chi connectivity index (χ0) is 11.1. The molecule has 2 N–H and O–H groups in total. The quantitative estimate of drug-likeness (QED) is 0.802. The van der Waals surface area contributed by atoms with Gasteiger partial charge in [0.15, 0.2) is 0 Å². The summed E-state index contributed by atoms with van der Waals surface area (Å²) < 4.78 is 5.69. The lowest BCUT2D eigenvalue weighted by Crippen LogP contribution is -2.06. The van der Waals surface area contributed by atoms with Crippen molar-refractivity contribution in [2.75, 3.05) is 6.54 Å². The predicted molar refractivity (Wildman–Crippen MR) is 64.9 cm³/mol. The van der Waals surface area contributed by atoms with Crippen molar-refractivity contribution in [3.05, 3.63) is 35.9 Å². The molecule has 1 aromatic carbocycles. The fourth-order valence-corrected chi connectivity index (χ4v) is 1.29. The highest BCUT2D eigenvalue weighted by Gasteiger charge is 2.01. The molecule has 1 aromatic rings. The Kier molecular flexibility index (Phi) is 4.91. The third-order valence-corrected chi connectivity index (χ3v) is 1.91. The zero-order valence-electron chi connectivity index (χ0n) is 9.44. The average molecular weight is 205 g/mol. The minimum absolute atomic E-state index is 0.203. The molecule has 0 saturated carbocycles. The van der Waals surface area contributed by atoms with Gasteiger partial charge in [-0.2, -0.15) is 0 Å². The molecule has 0 saturated heterocycles. The number of hydrogen-bond acceptors (Lipinski definition) is 2. The summed E-state index contributed by atoms with van der Waals surface area (Å²) in [4.78, 5) is 0. The lowest BCUT2D eigenvalue weighted by molar-refractivity contribution is 0.242. The van der Waals surface area contributed by atoms with Gasteiger partial charge in [0.2, 0.25) is 0 Å². The maximum atomic E-state index is 5.69. The van der Waals surface area contributed by atoms with Crippen LogP contribution in [0, 0.1) is 0 Å². The first-order valence-electron chi connectivity index (χ1n) is 5.36. The lowest BCUT2D eigenvalue weighted by Gasteiger charge is -2.11. The molecule has 2 heteroatoms. The molecule has 1 rings (SSSR count). The molecule has 0 atom stereocenters. The molecule has 82 valence electrons. The Morgan fingerprint density at radius 3 is 2.73 bits per heavy atom. The van der Waals surface area contributed by atoms with Gasteiger partial charge in [-0.15, -0.1) is 0 Å². The van der Waals surface area contributed by atoms with Gasteiger partial charge in [-0.3, -0.25) is 0 Å². The average Bonchev–Trinajstić information content (AvgIpc) is 2.20. The Bertz CT molecular complexity index is 318. The third kappa shape index (κ3) is 4.17. The van der Waals surface area contributed by atoms with E-state index in [1.807, 2.05) is 38.1 Å². The van der Waals surface area contributed by atoms with Crippen LogP contribution in [-0.2, 0) is 0 Å². The molecule has 0 heterocycles. The van der Waals surface area contributed by atoms with Gasteiger partial charge in [0, 0.05) is 5.56 Å². The summed E-state index contributed by atoms with van der Waals surface area (Å²) >= 11 is 0. The van der Waals surface area contributed by atoms with E-state index in [1.54, 1.807) is 0 Å². The van der Waals surface area contributed by atoms with Crippen LogP contribution in [0.2, 0.25) is 0 Å². The van der Waals surface area contributed by atoms with Crippen molar-refractivity contribution in [1.82, 2.24) is 0 Å². The first-order chi connectivity index (χ1) is 7.24. The molecule has 0 spiro atoms. The molecule has 0 aliphatic carbocycles. The van der Waals surface area contributed by atoms with E-state index in [-0.39, 0.29) is 6.10 Å². The van der Waals surface area contributed by atoms with E-state index in [4.69, 9.17) is 10.5 Å². The summed E-state index contributed by atoms with van der Waals surface area (Å²) in [5.41, 5.74) is 6.54. The lowest BCUT2D eigenvalue weighted by atomic mass is 10.1. The first-order valence-corrected chi connectivity index (χ1v) is 5.36. The molecule has 0 radical (unpaired) electrons. The molecule has 2 nitrogen and oxygen atoms in total. The van der Waals surface area contributed by atoms with E-state index in [1.165, 1.54) is 0 Å². The highest BCUT2D eigenvalue weighted by atomic mass is 16.5. The van der Waals surface area contributed by atoms with E-state index in [2.05, 4.69) is 12.2 Å². The second-order valence-corrected chi connectivity index (χ2v) is 3.68. The fraction of sp³-hybridized carbons (Fsp3) is 0.385. The normalized spacial score (nSPS) is 11.2. The van der Waals surface area contributed by atoms with Gasteiger partial charge in [-0.25, -0.2) is 0 Å². The molecule has 0 bridgehead atoms. The van der Waals surface area contributed by atoms with Crippen molar-refractivity contribution in [3.63, 3.8) is 0 Å². The summed E-state index contributed by atoms with van der Waals surface area (Å²) in [6.07, 6.45) is 5.23. The molecular weight excluding hydrogens is 186 g/mol. The number of hydrogen-bond donors (Lipinski definition) is 1. The Balaban J connectivity index is 2.76. The summed E-state index contributed by atoms with van der Waals surface area (Å²) in [5, 5.41) is 0. The number of rotatable bonds is 5. The monoisotopic (exact) mass is 205 g/mol. The minimum atomic E-state index is 0.203. The Hall–Kier alpha value is -1.28. The van der Waals surface area contributed by atoms with Gasteiger partial charge in [-0.1, -0.05) is 30.4 Å². The molecule has 0 amide bonds. The van der Waals surface area contributed by atoms with Crippen LogP contribution in [0.5, 0.6) is 5.75 Å². The number of nitrogens with two attached hydrogens (primary N) is 1. The van der Waals surface area contributed by atoms with Gasteiger partial charge in [0.05, 0.1) is 6.10 Å². The van der Waals surface area contributed by atoms with E-state index >= 15 is 0 Å². The van der Waals surface area contributed by atoms with E-state index in [0.717, 1.165) is 17.7 Å². The molecular formula is C13H19NO. The maximum Gasteiger partial charge on any atom is 0.126 e. The second-order valence-electron chi connectivity index (χ2n) is 3.68. The molecule has 0 unspecified atom stereocenters. The Morgan fingerprint density at radius 1 is 1.33 bits per heavy atom. The van der Waals surface area contributed by atoms with Gasteiger partial charge < -0.3 is 10.5 Å². The van der Waals surface area contributed by atoms with Gasteiger partial charge in [-0.05, 0) is 32.9 Å². The van der Waals surface area contributed by atoms with Crippen LogP contribution in [0.3, 0.4) is 0 Å². The summed E-state index contributed by atoms with van der Waals surface area (Å²) in [5.74, 6) is 0.931. The van der Waals surface area contributed by atoms with Crippen LogP contribution >= 0.6 is 0 Å². The highest BCUT2D eigenvalue weighted by molar-refractivity contribution is 5.57. The van der Waals surface area contributed by atoms with Gasteiger partial charge in [0.25, 0.3) is 0 Å². The third-order valence-electron chi connectivity index (χ3n) is 1.91. The topological polar surface area (TPSA) is 35.2 Å². The molecule has 0 aliphatic rings. The standard InChI is InChI=1S/C13H19NO/c1-11(2)15-13-9-4-3-7-12(13)8-5-6-10-14/h3-5,7-9,11H,6,10,14H2,1-2H3/b8-5+. The number of para-hydroxylation sites is 1. The van der Waals surface area contributed by atoms with Crippen LogP contribution in [0.4, 0.5) is 0 Å². The van der Waals surface area contributed by atoms with Crippen molar-refractivity contribution >= 4 is 6.08 Å². The van der Waals surface area contributed by atoms with Crippen LogP contribution in [0.25, 0.3) is 6.08 Å². The van der Waals surface area contributed by atoms with Crippen LogP contribution in [0.15, 0.2) is 30.3 Å². The van der Waals surface area contributed by atoms with Crippen molar-refractivity contribution in [2.24, 2.45) is 5.73 Å². The van der Waals surface area contributed by atoms with Crippen molar-refractivity contribution < 1.29 is 4.74 Å². The van der Waals surface area contributed by atoms with Crippen LogP contribution < -0.4 is 10.5 Å². The number of ether oxygens (including phenoxy) is 1. The first kappa shape index (κ1) is 11.8. The van der Waals surface area contributed by atoms with Gasteiger partial charge in [0.1, 0.15) is 5.75 Å². The Morgan fingerprint density at radius 2 is 2.07 bits per heavy atom. The summed E-state index contributed by atoms with van der Waals surface area (Å²) in [6, 6.07) is 8.03. The summed E-state index contributed by atoms with van der Waals surface area (Å²) in [6.45, 7) is 4.74. The van der Waals surface area contributed by atoms with E-state index in [0.29, 0.717) is 6.54 Å². The largest absolute Gasteiger partial charge is 0.490 e. The SMILES string of the molecule is CC(C)Oc1ccccc1/C=C/CCN. The fourth-order valence-electron chi connectivity index (χ4n) is 1.29.